The zero-order valence-electron chi connectivity index (χ0n) is 17.5. The molecule has 2 fully saturated rings. The van der Waals surface area contributed by atoms with Crippen molar-refractivity contribution in [1.82, 2.24) is 24.7 Å². The molecule has 31 heavy (non-hydrogen) atoms. The summed E-state index contributed by atoms with van der Waals surface area (Å²) in [5, 5.41) is 14.3. The Kier molecular flexibility index (Phi) is 4.23. The van der Waals surface area contributed by atoms with E-state index in [0.717, 1.165) is 32.3 Å². The third-order valence-corrected chi connectivity index (χ3v) is 7.76. The van der Waals surface area contributed by atoms with Gasteiger partial charge in [0.15, 0.2) is 10.8 Å². The molecule has 3 atom stereocenters. The van der Waals surface area contributed by atoms with Gasteiger partial charge in [0.25, 0.3) is 0 Å². The predicted octanol–water partition coefficient (Wildman–Crippen LogP) is 3.91. The van der Waals surface area contributed by atoms with Crippen LogP contribution in [0.1, 0.15) is 36.9 Å². The van der Waals surface area contributed by atoms with Gasteiger partial charge in [0, 0.05) is 43.1 Å². The molecule has 7 nitrogen and oxygen atoms in total. The number of nitriles is 1. The molecule has 6 heterocycles. The second kappa shape index (κ2) is 7.01. The largest absolute Gasteiger partial charge is 0.348 e. The first-order valence-corrected chi connectivity index (χ1v) is 11.5. The average molecular weight is 430 g/mol. The van der Waals surface area contributed by atoms with E-state index in [-0.39, 0.29) is 0 Å². The quantitative estimate of drug-likeness (QED) is 0.532. The van der Waals surface area contributed by atoms with E-state index in [0.29, 0.717) is 29.3 Å². The van der Waals surface area contributed by atoms with Gasteiger partial charge in [-0.1, -0.05) is 11.3 Å². The number of pyridine rings is 2. The molecule has 156 valence electrons. The van der Waals surface area contributed by atoms with Crippen molar-refractivity contribution in [2.45, 2.75) is 50.7 Å². The molecular formula is C23H23N7S. The number of rotatable bonds is 3. The second-order valence-corrected chi connectivity index (χ2v) is 9.78. The van der Waals surface area contributed by atoms with E-state index in [2.05, 4.69) is 39.4 Å². The summed E-state index contributed by atoms with van der Waals surface area (Å²) < 4.78 is 3.02. The van der Waals surface area contributed by atoms with Crippen LogP contribution in [0, 0.1) is 18.3 Å². The highest BCUT2D eigenvalue weighted by Gasteiger charge is 2.35. The fraction of sp³-hybridized carbons (Fsp3) is 0.391. The van der Waals surface area contributed by atoms with Crippen molar-refractivity contribution in [2.24, 2.45) is 0 Å². The zero-order chi connectivity index (χ0) is 21.1. The summed E-state index contributed by atoms with van der Waals surface area (Å²) in [4.78, 5) is 16.4. The van der Waals surface area contributed by atoms with Crippen LogP contribution in [0.25, 0.3) is 27.1 Å². The monoisotopic (exact) mass is 429 g/mol. The van der Waals surface area contributed by atoms with E-state index in [1.165, 1.54) is 25.7 Å². The molecule has 0 radical (unpaired) electrons. The Labute approximate surface area is 184 Å². The van der Waals surface area contributed by atoms with E-state index in [1.807, 2.05) is 36.0 Å². The van der Waals surface area contributed by atoms with Crippen LogP contribution in [-0.4, -0.2) is 44.5 Å². The molecule has 8 heteroatoms. The summed E-state index contributed by atoms with van der Waals surface area (Å²) in [6.07, 6.45) is 10.7. The molecule has 4 aromatic rings. The first kappa shape index (κ1) is 18.7. The Bertz CT molecular complexity index is 1340. The summed E-state index contributed by atoms with van der Waals surface area (Å²) in [5.41, 5.74) is 4.79. The molecule has 2 aliphatic heterocycles. The van der Waals surface area contributed by atoms with Crippen LogP contribution in [0.15, 0.2) is 30.7 Å². The molecular weight excluding hydrogens is 406 g/mol. The van der Waals surface area contributed by atoms with Gasteiger partial charge in [0.05, 0.1) is 27.8 Å². The summed E-state index contributed by atoms with van der Waals surface area (Å²) in [5.74, 6) is 0. The maximum atomic E-state index is 9.58. The SMILES string of the molecule is Cc1cn2cc(-c3cc4sc(N(C)[C@@H]5C[C@H]6CC[C@@H](C5)N6)nc4cn3)cc(C#N)c2n1. The maximum absolute atomic E-state index is 9.58. The Morgan fingerprint density at radius 2 is 2.00 bits per heavy atom. The van der Waals surface area contributed by atoms with Gasteiger partial charge in [-0.25, -0.2) is 9.97 Å². The fourth-order valence-electron chi connectivity index (χ4n) is 5.07. The molecule has 2 bridgehead atoms. The number of piperidine rings is 1. The molecule has 0 spiro atoms. The van der Waals surface area contributed by atoms with E-state index in [9.17, 15) is 5.26 Å². The Hall–Kier alpha value is -3.02. The van der Waals surface area contributed by atoms with Gasteiger partial charge >= 0.3 is 0 Å². The minimum Gasteiger partial charge on any atom is -0.348 e. The maximum Gasteiger partial charge on any atom is 0.186 e. The van der Waals surface area contributed by atoms with Gasteiger partial charge in [0.2, 0.25) is 0 Å². The summed E-state index contributed by atoms with van der Waals surface area (Å²) >= 11 is 1.72. The highest BCUT2D eigenvalue weighted by atomic mass is 32.1. The first-order chi connectivity index (χ1) is 15.1. The van der Waals surface area contributed by atoms with Crippen LogP contribution in [-0.2, 0) is 0 Å². The number of aryl methyl sites for hydroxylation is 1. The summed E-state index contributed by atoms with van der Waals surface area (Å²) in [7, 11) is 2.18. The standard InChI is InChI=1S/C23H23N7S/c1-13-11-30-12-15(5-14(9-24)22(30)26-13)19-8-21-20(10-25-19)28-23(31-21)29(2)18-6-16-3-4-17(7-18)27-16/h5,8,10-12,16-18,27H,3-4,6-7H2,1-2H3/t16-,17+,18-. The summed E-state index contributed by atoms with van der Waals surface area (Å²) in [6.45, 7) is 1.93. The van der Waals surface area contributed by atoms with Crippen LogP contribution >= 0.6 is 11.3 Å². The minimum absolute atomic E-state index is 0.539. The van der Waals surface area contributed by atoms with Gasteiger partial charge in [-0.15, -0.1) is 0 Å². The van der Waals surface area contributed by atoms with E-state index in [4.69, 9.17) is 4.98 Å². The number of fused-ring (bicyclic) bond motifs is 4. The number of nitrogens with zero attached hydrogens (tertiary/aromatic N) is 6. The Morgan fingerprint density at radius 3 is 2.77 bits per heavy atom. The number of aromatic nitrogens is 4. The number of nitrogens with one attached hydrogen (secondary N) is 1. The highest BCUT2D eigenvalue weighted by molar-refractivity contribution is 7.22. The third-order valence-electron chi connectivity index (χ3n) is 6.65. The zero-order valence-corrected chi connectivity index (χ0v) is 18.4. The lowest BCUT2D eigenvalue weighted by atomic mass is 9.99. The first-order valence-electron chi connectivity index (χ1n) is 10.7. The Morgan fingerprint density at radius 1 is 1.19 bits per heavy atom. The van der Waals surface area contributed by atoms with Gasteiger partial charge in [-0.2, -0.15) is 5.26 Å². The van der Waals surface area contributed by atoms with E-state index in [1.54, 1.807) is 11.3 Å². The summed E-state index contributed by atoms with van der Waals surface area (Å²) in [6, 6.07) is 8.07. The molecule has 2 aliphatic rings. The number of hydrogen-bond acceptors (Lipinski definition) is 7. The second-order valence-electron chi connectivity index (χ2n) is 8.78. The normalized spacial score (nSPS) is 22.8. The lowest BCUT2D eigenvalue weighted by molar-refractivity contribution is 0.354. The van der Waals surface area contributed by atoms with Crippen LogP contribution in [0.5, 0.6) is 0 Å². The third kappa shape index (κ3) is 3.16. The van der Waals surface area contributed by atoms with Gasteiger partial charge < -0.3 is 14.6 Å². The molecule has 0 aromatic carbocycles. The van der Waals surface area contributed by atoms with Crippen molar-refractivity contribution >= 4 is 32.3 Å². The molecule has 2 saturated heterocycles. The minimum atomic E-state index is 0.539. The molecule has 0 unspecified atom stereocenters. The number of hydrogen-bond donors (Lipinski definition) is 1. The van der Waals surface area contributed by atoms with Crippen molar-refractivity contribution in [1.29, 1.82) is 5.26 Å². The predicted molar refractivity (Wildman–Crippen MR) is 122 cm³/mol. The average Bonchev–Trinajstić information content (AvgIpc) is 3.46. The number of thiazole rings is 1. The fourth-order valence-corrected chi connectivity index (χ4v) is 6.08. The number of anilines is 1. The van der Waals surface area contributed by atoms with Crippen molar-refractivity contribution < 1.29 is 0 Å². The van der Waals surface area contributed by atoms with Crippen molar-refractivity contribution in [3.05, 3.63) is 42.0 Å². The van der Waals surface area contributed by atoms with Gasteiger partial charge in [-0.05, 0) is 44.7 Å². The van der Waals surface area contributed by atoms with E-state index >= 15 is 0 Å². The van der Waals surface area contributed by atoms with Crippen molar-refractivity contribution in [3.8, 4) is 17.3 Å². The molecule has 0 saturated carbocycles. The van der Waals surface area contributed by atoms with E-state index < -0.39 is 0 Å². The van der Waals surface area contributed by atoms with Crippen LogP contribution in [0.3, 0.4) is 0 Å². The molecule has 4 aromatic heterocycles. The van der Waals surface area contributed by atoms with Gasteiger partial charge in [0.1, 0.15) is 11.6 Å². The van der Waals surface area contributed by atoms with Crippen molar-refractivity contribution in [2.75, 3.05) is 11.9 Å². The molecule has 0 amide bonds. The Balaban J connectivity index is 1.35. The molecule has 0 aliphatic carbocycles. The van der Waals surface area contributed by atoms with Crippen LogP contribution in [0.2, 0.25) is 0 Å². The van der Waals surface area contributed by atoms with Crippen molar-refractivity contribution in [3.63, 3.8) is 0 Å². The van der Waals surface area contributed by atoms with Crippen LogP contribution < -0.4 is 10.2 Å². The van der Waals surface area contributed by atoms with Gasteiger partial charge in [-0.3, -0.25) is 4.98 Å². The molecule has 1 N–H and O–H groups in total. The topological polar surface area (TPSA) is 82.1 Å². The molecule has 6 rings (SSSR count). The lowest BCUT2D eigenvalue weighted by Gasteiger charge is -2.35. The van der Waals surface area contributed by atoms with Crippen LogP contribution in [0.4, 0.5) is 5.13 Å². The smallest absolute Gasteiger partial charge is 0.186 e. The number of imidazole rings is 1. The lowest BCUT2D eigenvalue weighted by Crippen LogP contribution is -2.47. The highest BCUT2D eigenvalue weighted by Crippen LogP contribution is 2.36.